The van der Waals surface area contributed by atoms with Crippen LogP contribution in [0, 0.1) is 0 Å². The molecule has 0 saturated heterocycles. The van der Waals surface area contributed by atoms with Crippen LogP contribution in [0.4, 0.5) is 0 Å². The number of hydrogen-bond donors (Lipinski definition) is 0. The number of rotatable bonds is 12. The summed E-state index contributed by atoms with van der Waals surface area (Å²) in [6.07, 6.45) is 0. The molecule has 3 heterocycles. The van der Waals surface area contributed by atoms with Crippen LogP contribution in [0.5, 0.6) is 0 Å². The standard InChI is InChI=1S/3C44H28O/c1-2-15-29(16-3-1)30-17-4-6-20-33(30)42-35-22-8-10-24-37(35)43(38-25-11-9-23-36(38)42)34-21-7-5-18-31(34)39-26-14-27-40-32-19-12-13-28-41(32)45-44(39)40;1-2-12-29(13-3-1)30-24-26-31(27-25-30)42-35-16-4-6-18-37(35)43(38-19-7-5-17-36(38)42)33-15-10-14-32(28-33)34-21-11-23-41-44(34)39-20-8-9-22-40(39)45-41;1-2-13-29(14-3-1)30-25-27-31(28-26-30)42-35-17-6-8-19-37(35)43(38-20-9-7-18-36(38)42)33-16-5-4-15-32(33)34-22-12-24-41-44(34)39-21-10-11-23-40(39)45-41/h3*1-28H. The molecule has 0 aliphatic rings. The maximum absolute atomic E-state index is 6.54. The molecule has 0 bridgehead atoms. The van der Waals surface area contributed by atoms with E-state index in [0.717, 1.165) is 76.9 Å². The van der Waals surface area contributed by atoms with Crippen molar-refractivity contribution in [2.75, 3.05) is 0 Å². The highest BCUT2D eigenvalue weighted by Crippen LogP contribution is 2.53. The van der Waals surface area contributed by atoms with E-state index in [1.807, 2.05) is 24.3 Å². The van der Waals surface area contributed by atoms with Crippen LogP contribution in [-0.4, -0.2) is 0 Å². The Bertz CT molecular complexity index is 9110. The Kier molecular flexibility index (Phi) is 20.0. The molecule has 0 N–H and O–H groups in total. The highest BCUT2D eigenvalue weighted by atomic mass is 16.3. The zero-order chi connectivity index (χ0) is 89.2. The first kappa shape index (κ1) is 79.4. The lowest BCUT2D eigenvalue weighted by atomic mass is 9.82. The quantitative estimate of drug-likeness (QED) is 0.114. The molecule has 0 atom stereocenters. The Labute approximate surface area is 781 Å². The Morgan fingerprint density at radius 3 is 0.763 bits per heavy atom. The molecular formula is C132H84O3. The summed E-state index contributed by atoms with van der Waals surface area (Å²) in [5.41, 5.74) is 34.7. The molecule has 0 saturated carbocycles. The maximum atomic E-state index is 6.54. The van der Waals surface area contributed by atoms with E-state index in [2.05, 4.69) is 485 Å². The summed E-state index contributed by atoms with van der Waals surface area (Å²) < 4.78 is 19.1. The third-order valence-corrected chi connectivity index (χ3v) is 27.3. The predicted octanol–water partition coefficient (Wildman–Crippen LogP) is 37.7. The zero-order valence-corrected chi connectivity index (χ0v) is 73.7. The van der Waals surface area contributed by atoms with Crippen molar-refractivity contribution in [1.82, 2.24) is 0 Å². The summed E-state index contributed by atoms with van der Waals surface area (Å²) in [5.74, 6) is 0. The van der Waals surface area contributed by atoms with Crippen LogP contribution < -0.4 is 0 Å². The zero-order valence-electron chi connectivity index (χ0n) is 73.7. The maximum Gasteiger partial charge on any atom is 0.143 e. The fourth-order valence-corrected chi connectivity index (χ4v) is 21.4. The molecule has 3 aromatic heterocycles. The van der Waals surface area contributed by atoms with Crippen molar-refractivity contribution in [3.63, 3.8) is 0 Å². The van der Waals surface area contributed by atoms with Crippen molar-refractivity contribution in [2.24, 2.45) is 0 Å². The van der Waals surface area contributed by atoms with Crippen LogP contribution >= 0.6 is 0 Å². The van der Waals surface area contributed by atoms with E-state index in [1.165, 1.54) is 187 Å². The fraction of sp³-hybridized carbons (Fsp3) is 0. The Balaban J connectivity index is 0.000000108. The van der Waals surface area contributed by atoms with Gasteiger partial charge in [0.2, 0.25) is 0 Å². The molecule has 27 rings (SSSR count). The largest absolute Gasteiger partial charge is 0.456 e. The van der Waals surface area contributed by atoms with Gasteiger partial charge in [0.25, 0.3) is 0 Å². The average molecular weight is 1720 g/mol. The van der Waals surface area contributed by atoms with Gasteiger partial charge in [-0.1, -0.05) is 473 Å². The molecular weight excluding hydrogens is 1630 g/mol. The normalized spacial score (nSPS) is 11.6. The average Bonchev–Trinajstić information content (AvgIpc) is 1.26. The number of fused-ring (bicyclic) bond motifs is 15. The van der Waals surface area contributed by atoms with Gasteiger partial charge in [-0.25, -0.2) is 0 Å². The molecule has 0 spiro atoms. The van der Waals surface area contributed by atoms with E-state index in [4.69, 9.17) is 13.3 Å². The third kappa shape index (κ3) is 13.9. The molecule has 0 fully saturated rings. The second kappa shape index (κ2) is 33.9. The van der Waals surface area contributed by atoms with Crippen LogP contribution in [0.3, 0.4) is 0 Å². The van der Waals surface area contributed by atoms with E-state index < -0.39 is 0 Å². The molecule has 27 aromatic rings. The summed E-state index contributed by atoms with van der Waals surface area (Å²) in [7, 11) is 0. The first-order valence-electron chi connectivity index (χ1n) is 46.3. The smallest absolute Gasteiger partial charge is 0.143 e. The number of hydrogen-bond acceptors (Lipinski definition) is 3. The molecule has 0 aliphatic carbocycles. The van der Waals surface area contributed by atoms with E-state index >= 15 is 0 Å². The molecule has 3 nitrogen and oxygen atoms in total. The Hall–Kier alpha value is -17.8. The molecule has 135 heavy (non-hydrogen) atoms. The molecule has 0 amide bonds. The molecule has 0 unspecified atom stereocenters. The monoisotopic (exact) mass is 1720 g/mol. The fourth-order valence-electron chi connectivity index (χ4n) is 21.4. The number of benzene rings is 24. The Morgan fingerprint density at radius 2 is 0.341 bits per heavy atom. The van der Waals surface area contributed by atoms with Crippen molar-refractivity contribution in [3.05, 3.63) is 510 Å². The summed E-state index contributed by atoms with van der Waals surface area (Å²) >= 11 is 0. The molecule has 3 heteroatoms. The summed E-state index contributed by atoms with van der Waals surface area (Å²) in [6.45, 7) is 0. The van der Waals surface area contributed by atoms with Gasteiger partial charge in [0.15, 0.2) is 0 Å². The predicted molar refractivity (Wildman–Crippen MR) is 571 cm³/mol. The van der Waals surface area contributed by atoms with Crippen molar-refractivity contribution in [1.29, 1.82) is 0 Å². The van der Waals surface area contributed by atoms with Crippen LogP contribution in [0.15, 0.2) is 523 Å². The molecule has 24 aromatic carbocycles. The van der Waals surface area contributed by atoms with Gasteiger partial charge in [-0.3, -0.25) is 0 Å². The minimum atomic E-state index is 0.910. The highest BCUT2D eigenvalue weighted by Gasteiger charge is 2.27. The first-order valence-corrected chi connectivity index (χ1v) is 46.3. The molecule has 630 valence electrons. The van der Waals surface area contributed by atoms with E-state index in [-0.39, 0.29) is 0 Å². The van der Waals surface area contributed by atoms with E-state index in [9.17, 15) is 0 Å². The van der Waals surface area contributed by atoms with E-state index in [0.29, 0.717) is 0 Å². The van der Waals surface area contributed by atoms with Gasteiger partial charge in [-0.2, -0.15) is 0 Å². The lowest BCUT2D eigenvalue weighted by Crippen LogP contribution is -1.94. The minimum absolute atomic E-state index is 0.910. The van der Waals surface area contributed by atoms with Crippen molar-refractivity contribution in [3.8, 4) is 134 Å². The topological polar surface area (TPSA) is 39.4 Å². The first-order chi connectivity index (χ1) is 67.0. The van der Waals surface area contributed by atoms with Crippen LogP contribution in [-0.2, 0) is 0 Å². The van der Waals surface area contributed by atoms with Gasteiger partial charge in [0.05, 0.1) is 0 Å². The van der Waals surface area contributed by atoms with Gasteiger partial charge in [-0.05, 0) is 229 Å². The number of para-hydroxylation sites is 4. The van der Waals surface area contributed by atoms with Crippen LogP contribution in [0.1, 0.15) is 0 Å². The summed E-state index contributed by atoms with van der Waals surface area (Å²) in [5, 5.41) is 21.8. The molecule has 0 radical (unpaired) electrons. The summed E-state index contributed by atoms with van der Waals surface area (Å²) in [4.78, 5) is 0. The lowest BCUT2D eigenvalue weighted by molar-refractivity contribution is 0.668. The summed E-state index contributed by atoms with van der Waals surface area (Å²) in [6, 6.07) is 183. The van der Waals surface area contributed by atoms with E-state index in [1.54, 1.807) is 0 Å². The second-order valence-electron chi connectivity index (χ2n) is 34.8. The lowest BCUT2D eigenvalue weighted by Gasteiger charge is -2.21. The van der Waals surface area contributed by atoms with Crippen LogP contribution in [0.25, 0.3) is 264 Å². The van der Waals surface area contributed by atoms with Crippen molar-refractivity contribution in [2.45, 2.75) is 0 Å². The van der Waals surface area contributed by atoms with Crippen LogP contribution in [0.2, 0.25) is 0 Å². The highest BCUT2D eigenvalue weighted by molar-refractivity contribution is 6.27. The molecule has 0 aliphatic heterocycles. The minimum Gasteiger partial charge on any atom is -0.456 e. The van der Waals surface area contributed by atoms with Gasteiger partial charge in [-0.15, -0.1) is 0 Å². The van der Waals surface area contributed by atoms with Gasteiger partial charge in [0, 0.05) is 37.9 Å². The van der Waals surface area contributed by atoms with Gasteiger partial charge in [0.1, 0.15) is 33.5 Å². The SMILES string of the molecule is c1ccc(-c2ccc(-c3c4ccccc4c(-c4cccc(-c5cccc6oc7ccccc7c56)c4)c4ccccc34)cc2)cc1.c1ccc(-c2ccc(-c3c4ccccc4c(-c4ccccc4-c4cccc5oc6ccccc6c45)c4ccccc34)cc2)cc1.c1ccc(-c2ccccc2-c2c3ccccc3c(-c3ccccc3-c3cccc4c3oc3ccccc34)c3ccccc23)cc1. The van der Waals surface area contributed by atoms with Crippen molar-refractivity contribution >= 4 is 130 Å². The number of furan rings is 3. The van der Waals surface area contributed by atoms with Crippen molar-refractivity contribution < 1.29 is 13.3 Å². The van der Waals surface area contributed by atoms with Gasteiger partial charge < -0.3 is 13.3 Å². The second-order valence-corrected chi connectivity index (χ2v) is 34.8. The third-order valence-electron chi connectivity index (χ3n) is 27.3. The van der Waals surface area contributed by atoms with Gasteiger partial charge >= 0.3 is 0 Å². The Morgan fingerprint density at radius 1 is 0.104 bits per heavy atom.